The van der Waals surface area contributed by atoms with E-state index in [-0.39, 0.29) is 5.91 Å². The molecule has 3 aromatic rings. The van der Waals surface area contributed by atoms with Crippen molar-refractivity contribution >= 4 is 41.2 Å². The molecule has 3 N–H and O–H groups in total. The van der Waals surface area contributed by atoms with Gasteiger partial charge in [-0.15, -0.1) is 11.3 Å². The summed E-state index contributed by atoms with van der Waals surface area (Å²) in [7, 11) is 0. The average molecular weight is 369 g/mol. The minimum Gasteiger partial charge on any atom is -0.397 e. The Morgan fingerprint density at radius 1 is 1.08 bits per heavy atom. The molecular formula is C20H20N2OS2. The predicted octanol–water partition coefficient (Wildman–Crippen LogP) is 5.33. The summed E-state index contributed by atoms with van der Waals surface area (Å²) in [4.78, 5) is 13.3. The van der Waals surface area contributed by atoms with E-state index in [1.807, 2.05) is 53.9 Å². The number of nitrogens with two attached hydrogens (primary N) is 1. The second kappa shape index (κ2) is 8.23. The van der Waals surface area contributed by atoms with Gasteiger partial charge in [0.2, 0.25) is 0 Å². The van der Waals surface area contributed by atoms with Crippen LogP contribution in [0.15, 0.2) is 66.0 Å². The second-order valence-corrected chi connectivity index (χ2v) is 7.51. The molecule has 0 unspecified atom stereocenters. The van der Waals surface area contributed by atoms with E-state index in [4.69, 9.17) is 5.73 Å². The smallest absolute Gasteiger partial charge is 0.255 e. The number of nitrogens with one attached hydrogen (secondary N) is 1. The highest BCUT2D eigenvalue weighted by molar-refractivity contribution is 7.81. The molecule has 0 spiro atoms. The fourth-order valence-corrected chi connectivity index (χ4v) is 2.99. The fourth-order valence-electron chi connectivity index (χ4n) is 2.12. The number of thiol groups is 1. The molecule has 1 aliphatic rings. The van der Waals surface area contributed by atoms with E-state index in [1.54, 1.807) is 23.5 Å². The zero-order chi connectivity index (χ0) is 17.6. The van der Waals surface area contributed by atoms with Gasteiger partial charge in [0, 0.05) is 15.7 Å². The van der Waals surface area contributed by atoms with Crippen LogP contribution in [-0.2, 0) is 0 Å². The van der Waals surface area contributed by atoms with Crippen LogP contribution in [0.2, 0.25) is 0 Å². The predicted molar refractivity (Wildman–Crippen MR) is 111 cm³/mol. The SMILES string of the molecule is Nc1ccc(-c2cccs2)cc1NC(=O)c1ccccc1.SC1CC1. The number of anilines is 2. The molecule has 1 amide bonds. The van der Waals surface area contributed by atoms with Crippen LogP contribution in [0.1, 0.15) is 23.2 Å². The lowest BCUT2D eigenvalue weighted by molar-refractivity contribution is 0.102. The largest absolute Gasteiger partial charge is 0.397 e. The van der Waals surface area contributed by atoms with Crippen molar-refractivity contribution in [2.45, 2.75) is 18.1 Å². The van der Waals surface area contributed by atoms with E-state index >= 15 is 0 Å². The standard InChI is InChI=1S/C17H14N2OS.C3H6S/c18-14-9-8-13(16-7-4-10-21-16)11-15(14)19-17(20)12-5-2-1-3-6-12;4-3-1-2-3/h1-11H,18H2,(H,19,20);3-4H,1-2H2. The van der Waals surface area contributed by atoms with Crippen LogP contribution in [0.25, 0.3) is 10.4 Å². The van der Waals surface area contributed by atoms with Crippen molar-refractivity contribution in [1.29, 1.82) is 0 Å². The minimum absolute atomic E-state index is 0.161. The number of thiophene rings is 1. The van der Waals surface area contributed by atoms with Crippen molar-refractivity contribution in [3.63, 3.8) is 0 Å². The maximum absolute atomic E-state index is 12.2. The molecule has 1 heterocycles. The van der Waals surface area contributed by atoms with Gasteiger partial charge in [0.15, 0.2) is 0 Å². The summed E-state index contributed by atoms with van der Waals surface area (Å²) in [6, 6.07) is 18.8. The monoisotopic (exact) mass is 368 g/mol. The Morgan fingerprint density at radius 3 is 2.40 bits per heavy atom. The highest BCUT2D eigenvalue weighted by Gasteiger charge is 2.14. The Kier molecular flexibility index (Phi) is 5.79. The molecule has 2 aromatic carbocycles. The van der Waals surface area contributed by atoms with Crippen LogP contribution < -0.4 is 11.1 Å². The van der Waals surface area contributed by atoms with Gasteiger partial charge in [-0.1, -0.05) is 30.3 Å². The van der Waals surface area contributed by atoms with Crippen LogP contribution in [0.4, 0.5) is 11.4 Å². The Hall–Kier alpha value is -2.24. The van der Waals surface area contributed by atoms with Gasteiger partial charge in [0.1, 0.15) is 0 Å². The Labute approximate surface area is 157 Å². The van der Waals surface area contributed by atoms with Crippen molar-refractivity contribution < 1.29 is 4.79 Å². The first-order valence-corrected chi connectivity index (χ1v) is 9.51. The van der Waals surface area contributed by atoms with E-state index < -0.39 is 0 Å². The van der Waals surface area contributed by atoms with E-state index in [9.17, 15) is 4.79 Å². The third kappa shape index (κ3) is 5.11. The molecule has 0 saturated heterocycles. The Bertz CT molecular complexity index is 828. The van der Waals surface area contributed by atoms with E-state index in [1.165, 1.54) is 12.8 Å². The summed E-state index contributed by atoms with van der Waals surface area (Å²) in [5.41, 5.74) is 8.80. The molecule has 1 aliphatic carbocycles. The number of hydrogen-bond donors (Lipinski definition) is 3. The first kappa shape index (κ1) is 17.6. The lowest BCUT2D eigenvalue weighted by Gasteiger charge is -2.10. The number of hydrogen-bond acceptors (Lipinski definition) is 4. The number of amides is 1. The maximum Gasteiger partial charge on any atom is 0.255 e. The van der Waals surface area contributed by atoms with Gasteiger partial charge in [-0.3, -0.25) is 4.79 Å². The van der Waals surface area contributed by atoms with Crippen molar-refractivity contribution in [1.82, 2.24) is 0 Å². The lowest BCUT2D eigenvalue weighted by Crippen LogP contribution is -2.13. The molecule has 25 heavy (non-hydrogen) atoms. The average Bonchev–Trinajstić information content (AvgIpc) is 3.23. The first-order valence-electron chi connectivity index (χ1n) is 8.11. The molecule has 1 fully saturated rings. The molecule has 128 valence electrons. The molecule has 0 atom stereocenters. The number of benzene rings is 2. The second-order valence-electron chi connectivity index (χ2n) is 5.83. The minimum atomic E-state index is -0.161. The molecule has 3 nitrogen and oxygen atoms in total. The summed E-state index contributed by atoms with van der Waals surface area (Å²) in [6.07, 6.45) is 2.70. The number of carbonyl (C=O) groups is 1. The summed E-state index contributed by atoms with van der Waals surface area (Å²) < 4.78 is 0. The molecular weight excluding hydrogens is 348 g/mol. The van der Waals surface area contributed by atoms with Gasteiger partial charge in [0.25, 0.3) is 5.91 Å². The summed E-state index contributed by atoms with van der Waals surface area (Å²) >= 11 is 5.73. The molecule has 0 aliphatic heterocycles. The molecule has 0 bridgehead atoms. The third-order valence-electron chi connectivity index (χ3n) is 3.69. The zero-order valence-corrected chi connectivity index (χ0v) is 15.4. The van der Waals surface area contributed by atoms with Crippen LogP contribution >= 0.6 is 24.0 Å². The van der Waals surface area contributed by atoms with Gasteiger partial charge in [0.05, 0.1) is 11.4 Å². The van der Waals surface area contributed by atoms with Crippen LogP contribution in [0, 0.1) is 0 Å². The zero-order valence-electron chi connectivity index (χ0n) is 13.7. The van der Waals surface area contributed by atoms with Gasteiger partial charge >= 0.3 is 0 Å². The summed E-state index contributed by atoms with van der Waals surface area (Å²) in [5.74, 6) is -0.161. The Morgan fingerprint density at radius 2 is 1.80 bits per heavy atom. The quantitative estimate of drug-likeness (QED) is 0.432. The highest BCUT2D eigenvalue weighted by Crippen LogP contribution is 2.30. The van der Waals surface area contributed by atoms with E-state index in [2.05, 4.69) is 17.9 Å². The third-order valence-corrected chi connectivity index (χ3v) is 5.13. The molecule has 4 rings (SSSR count). The van der Waals surface area contributed by atoms with Gasteiger partial charge in [-0.05, 0) is 54.1 Å². The summed E-state index contributed by atoms with van der Waals surface area (Å²) in [5, 5.41) is 5.67. The Balaban J connectivity index is 0.000000401. The fraction of sp³-hybridized carbons (Fsp3) is 0.150. The van der Waals surface area contributed by atoms with E-state index in [0.29, 0.717) is 16.9 Å². The first-order chi connectivity index (χ1) is 12.1. The lowest BCUT2D eigenvalue weighted by atomic mass is 10.1. The molecule has 0 radical (unpaired) electrons. The topological polar surface area (TPSA) is 55.1 Å². The van der Waals surface area contributed by atoms with Crippen molar-refractivity contribution in [2.75, 3.05) is 11.1 Å². The van der Waals surface area contributed by atoms with Crippen molar-refractivity contribution in [3.05, 3.63) is 71.6 Å². The van der Waals surface area contributed by atoms with Crippen LogP contribution in [0.3, 0.4) is 0 Å². The number of carbonyl (C=O) groups excluding carboxylic acids is 1. The van der Waals surface area contributed by atoms with Gasteiger partial charge in [-0.2, -0.15) is 12.6 Å². The van der Waals surface area contributed by atoms with Crippen LogP contribution in [0.5, 0.6) is 0 Å². The molecule has 1 saturated carbocycles. The highest BCUT2D eigenvalue weighted by atomic mass is 32.1. The van der Waals surface area contributed by atoms with E-state index in [0.717, 1.165) is 15.7 Å². The summed E-state index contributed by atoms with van der Waals surface area (Å²) in [6.45, 7) is 0. The normalized spacial score (nSPS) is 12.8. The van der Waals surface area contributed by atoms with Crippen molar-refractivity contribution in [3.8, 4) is 10.4 Å². The van der Waals surface area contributed by atoms with Crippen molar-refractivity contribution in [2.24, 2.45) is 0 Å². The maximum atomic E-state index is 12.2. The van der Waals surface area contributed by atoms with Gasteiger partial charge in [-0.25, -0.2) is 0 Å². The molecule has 1 aromatic heterocycles. The van der Waals surface area contributed by atoms with Crippen LogP contribution in [-0.4, -0.2) is 11.2 Å². The number of nitrogen functional groups attached to an aromatic ring is 1. The van der Waals surface area contributed by atoms with Gasteiger partial charge < -0.3 is 11.1 Å². The number of rotatable bonds is 3. The molecule has 5 heteroatoms.